The minimum atomic E-state index is -0.691. The number of aliphatic hydroxyl groups is 3. The summed E-state index contributed by atoms with van der Waals surface area (Å²) < 4.78 is 0. The van der Waals surface area contributed by atoms with Crippen molar-refractivity contribution in [1.29, 1.82) is 0 Å². The van der Waals surface area contributed by atoms with Crippen molar-refractivity contribution in [2.45, 2.75) is 43.7 Å². The molecule has 4 heteroatoms. The lowest BCUT2D eigenvalue weighted by Gasteiger charge is -2.33. The highest BCUT2D eigenvalue weighted by Crippen LogP contribution is 2.21. The average molecular weight is 203 g/mol. The third kappa shape index (κ3) is 2.92. The van der Waals surface area contributed by atoms with Crippen LogP contribution in [-0.2, 0) is 0 Å². The van der Waals surface area contributed by atoms with E-state index in [-0.39, 0.29) is 19.8 Å². The number of rotatable bonds is 6. The van der Waals surface area contributed by atoms with Crippen LogP contribution in [-0.4, -0.2) is 46.7 Å². The molecular formula is C10H21NO3. The first kappa shape index (κ1) is 11.9. The Kier molecular flexibility index (Phi) is 4.81. The van der Waals surface area contributed by atoms with E-state index < -0.39 is 5.54 Å². The molecule has 0 atom stereocenters. The van der Waals surface area contributed by atoms with E-state index >= 15 is 0 Å². The highest BCUT2D eigenvalue weighted by Gasteiger charge is 2.31. The fourth-order valence-electron chi connectivity index (χ4n) is 2.09. The third-order valence-electron chi connectivity index (χ3n) is 3.06. The summed E-state index contributed by atoms with van der Waals surface area (Å²) >= 11 is 0. The molecule has 0 amide bonds. The van der Waals surface area contributed by atoms with Gasteiger partial charge in [-0.15, -0.1) is 0 Å². The molecule has 84 valence electrons. The zero-order valence-electron chi connectivity index (χ0n) is 8.58. The Hall–Kier alpha value is -0.160. The fraction of sp³-hybridized carbons (Fsp3) is 1.00. The second-order valence-electron chi connectivity index (χ2n) is 4.20. The molecule has 1 aliphatic carbocycles. The molecule has 0 bridgehead atoms. The van der Waals surface area contributed by atoms with Gasteiger partial charge in [0.05, 0.1) is 18.8 Å². The molecule has 0 radical (unpaired) electrons. The lowest BCUT2D eigenvalue weighted by molar-refractivity contribution is 0.0598. The van der Waals surface area contributed by atoms with Crippen LogP contribution in [0.4, 0.5) is 0 Å². The van der Waals surface area contributed by atoms with E-state index in [1.165, 1.54) is 12.8 Å². The Bertz CT molecular complexity index is 153. The van der Waals surface area contributed by atoms with Crippen molar-refractivity contribution in [3.8, 4) is 0 Å². The molecule has 1 rings (SSSR count). The van der Waals surface area contributed by atoms with Crippen molar-refractivity contribution in [3.63, 3.8) is 0 Å². The van der Waals surface area contributed by atoms with Gasteiger partial charge in [0.2, 0.25) is 0 Å². The average Bonchev–Trinajstić information content (AvgIpc) is 2.69. The maximum Gasteiger partial charge on any atom is 0.0672 e. The SMILES string of the molecule is OCCC(CO)(CO)NC1CCCC1. The minimum Gasteiger partial charge on any atom is -0.396 e. The first-order valence-corrected chi connectivity index (χ1v) is 5.36. The Morgan fingerprint density at radius 3 is 2.07 bits per heavy atom. The van der Waals surface area contributed by atoms with E-state index in [2.05, 4.69) is 5.32 Å². The topological polar surface area (TPSA) is 72.7 Å². The van der Waals surface area contributed by atoms with E-state index in [0.717, 1.165) is 12.8 Å². The van der Waals surface area contributed by atoms with Gasteiger partial charge in [0, 0.05) is 12.6 Å². The second kappa shape index (κ2) is 5.66. The van der Waals surface area contributed by atoms with Crippen LogP contribution in [0.2, 0.25) is 0 Å². The third-order valence-corrected chi connectivity index (χ3v) is 3.06. The molecule has 4 nitrogen and oxygen atoms in total. The molecule has 14 heavy (non-hydrogen) atoms. The molecular weight excluding hydrogens is 182 g/mol. The zero-order chi connectivity index (χ0) is 10.4. The molecule has 1 aliphatic rings. The van der Waals surface area contributed by atoms with Gasteiger partial charge in [-0.2, -0.15) is 0 Å². The minimum absolute atomic E-state index is 0.0131. The smallest absolute Gasteiger partial charge is 0.0672 e. The summed E-state index contributed by atoms with van der Waals surface area (Å²) in [5.41, 5.74) is -0.691. The van der Waals surface area contributed by atoms with E-state index in [4.69, 9.17) is 5.11 Å². The Balaban J connectivity index is 2.47. The number of aliphatic hydroxyl groups excluding tert-OH is 3. The fourth-order valence-corrected chi connectivity index (χ4v) is 2.09. The molecule has 0 aromatic heterocycles. The van der Waals surface area contributed by atoms with Gasteiger partial charge in [-0.1, -0.05) is 12.8 Å². The van der Waals surface area contributed by atoms with Gasteiger partial charge in [0.15, 0.2) is 0 Å². The molecule has 0 spiro atoms. The van der Waals surface area contributed by atoms with Gasteiger partial charge in [-0.05, 0) is 19.3 Å². The van der Waals surface area contributed by atoms with E-state index in [9.17, 15) is 10.2 Å². The van der Waals surface area contributed by atoms with Gasteiger partial charge >= 0.3 is 0 Å². The van der Waals surface area contributed by atoms with Crippen LogP contribution in [0.3, 0.4) is 0 Å². The van der Waals surface area contributed by atoms with Crippen molar-refractivity contribution in [1.82, 2.24) is 5.32 Å². The second-order valence-corrected chi connectivity index (χ2v) is 4.20. The van der Waals surface area contributed by atoms with Crippen LogP contribution in [0.15, 0.2) is 0 Å². The van der Waals surface area contributed by atoms with Gasteiger partial charge in [-0.3, -0.25) is 0 Å². The van der Waals surface area contributed by atoms with Crippen LogP contribution in [0, 0.1) is 0 Å². The summed E-state index contributed by atoms with van der Waals surface area (Å²) in [6, 6.07) is 0.390. The highest BCUT2D eigenvalue weighted by atomic mass is 16.3. The first-order chi connectivity index (χ1) is 6.76. The van der Waals surface area contributed by atoms with Crippen molar-refractivity contribution >= 4 is 0 Å². The maximum absolute atomic E-state index is 9.23. The number of nitrogens with one attached hydrogen (secondary N) is 1. The largest absolute Gasteiger partial charge is 0.396 e. The van der Waals surface area contributed by atoms with Gasteiger partial charge < -0.3 is 20.6 Å². The molecule has 4 N–H and O–H groups in total. The molecule has 1 fully saturated rings. The number of hydrogen-bond acceptors (Lipinski definition) is 4. The maximum atomic E-state index is 9.23. The van der Waals surface area contributed by atoms with Crippen molar-refractivity contribution in [3.05, 3.63) is 0 Å². The summed E-state index contributed by atoms with van der Waals surface area (Å²) in [5, 5.41) is 30.6. The predicted molar refractivity (Wildman–Crippen MR) is 54.0 cm³/mol. The van der Waals surface area contributed by atoms with Crippen molar-refractivity contribution in [2.24, 2.45) is 0 Å². The Labute approximate surface area is 85.0 Å². The molecule has 1 saturated carbocycles. The number of hydrogen-bond donors (Lipinski definition) is 4. The summed E-state index contributed by atoms with van der Waals surface area (Å²) in [4.78, 5) is 0. The molecule has 0 aromatic rings. The summed E-state index contributed by atoms with van der Waals surface area (Å²) in [5.74, 6) is 0. The molecule has 0 unspecified atom stereocenters. The lowest BCUT2D eigenvalue weighted by atomic mass is 9.96. The van der Waals surface area contributed by atoms with Crippen molar-refractivity contribution < 1.29 is 15.3 Å². The predicted octanol–water partition coefficient (Wildman–Crippen LogP) is -0.376. The molecule has 0 heterocycles. The first-order valence-electron chi connectivity index (χ1n) is 5.36. The highest BCUT2D eigenvalue weighted by molar-refractivity contribution is 4.91. The Morgan fingerprint density at radius 1 is 1.07 bits per heavy atom. The monoisotopic (exact) mass is 203 g/mol. The van der Waals surface area contributed by atoms with E-state index in [1.807, 2.05) is 0 Å². The van der Waals surface area contributed by atoms with Crippen LogP contribution < -0.4 is 5.32 Å². The van der Waals surface area contributed by atoms with Gasteiger partial charge in [0.25, 0.3) is 0 Å². The molecule has 0 saturated heterocycles. The van der Waals surface area contributed by atoms with Crippen LogP contribution in [0.1, 0.15) is 32.1 Å². The van der Waals surface area contributed by atoms with Crippen LogP contribution in [0.5, 0.6) is 0 Å². The summed E-state index contributed by atoms with van der Waals surface area (Å²) in [7, 11) is 0. The normalized spacial score (nSPS) is 19.1. The van der Waals surface area contributed by atoms with Gasteiger partial charge in [0.1, 0.15) is 0 Å². The van der Waals surface area contributed by atoms with Crippen molar-refractivity contribution in [2.75, 3.05) is 19.8 Å². The summed E-state index contributed by atoms with van der Waals surface area (Å²) in [6.45, 7) is -0.262. The van der Waals surface area contributed by atoms with E-state index in [0.29, 0.717) is 12.5 Å². The quantitative estimate of drug-likeness (QED) is 0.475. The Morgan fingerprint density at radius 2 is 1.64 bits per heavy atom. The van der Waals surface area contributed by atoms with Crippen LogP contribution >= 0.6 is 0 Å². The molecule has 0 aromatic carbocycles. The van der Waals surface area contributed by atoms with Gasteiger partial charge in [-0.25, -0.2) is 0 Å². The standard InChI is InChI=1S/C10H21NO3/c12-6-5-10(7-13,8-14)11-9-3-1-2-4-9/h9,11-14H,1-8H2. The molecule has 0 aliphatic heterocycles. The van der Waals surface area contributed by atoms with Crippen LogP contribution in [0.25, 0.3) is 0 Å². The lowest BCUT2D eigenvalue weighted by Crippen LogP contribution is -2.55. The summed E-state index contributed by atoms with van der Waals surface area (Å²) in [6.07, 6.45) is 5.03. The zero-order valence-corrected chi connectivity index (χ0v) is 8.58. The van der Waals surface area contributed by atoms with E-state index in [1.54, 1.807) is 0 Å².